The van der Waals surface area contributed by atoms with E-state index in [1.54, 1.807) is 17.6 Å². The maximum atomic E-state index is 12.5. The molecule has 4 rings (SSSR count). The zero-order valence-corrected chi connectivity index (χ0v) is 14.5. The van der Waals surface area contributed by atoms with Gasteiger partial charge in [-0.2, -0.15) is 0 Å². The lowest BCUT2D eigenvalue weighted by Crippen LogP contribution is -2.11. The highest BCUT2D eigenvalue weighted by Gasteiger charge is 2.19. The first-order valence-electron chi connectivity index (χ1n) is 7.76. The monoisotopic (exact) mass is 366 g/mol. The fourth-order valence-corrected chi connectivity index (χ4v) is 3.41. The van der Waals surface area contributed by atoms with Gasteiger partial charge in [0.2, 0.25) is 0 Å². The highest BCUT2D eigenvalue weighted by atomic mass is 32.1. The normalized spacial score (nSPS) is 11.0. The van der Waals surface area contributed by atoms with Gasteiger partial charge in [-0.05, 0) is 19.1 Å². The number of anilines is 1. The molecule has 26 heavy (non-hydrogen) atoms. The summed E-state index contributed by atoms with van der Waals surface area (Å²) in [5, 5.41) is 5.88. The third-order valence-electron chi connectivity index (χ3n) is 4.02. The van der Waals surface area contributed by atoms with Gasteiger partial charge in [0, 0.05) is 28.1 Å². The smallest absolute Gasteiger partial charge is 0.293 e. The summed E-state index contributed by atoms with van der Waals surface area (Å²) in [4.78, 5) is 30.9. The van der Waals surface area contributed by atoms with Crippen molar-refractivity contribution in [3.8, 4) is 11.3 Å². The minimum Gasteiger partial charge on any atom is -0.451 e. The van der Waals surface area contributed by atoms with E-state index in [4.69, 9.17) is 10.2 Å². The topological polar surface area (TPSA) is 114 Å². The van der Waals surface area contributed by atoms with Crippen LogP contribution in [-0.4, -0.2) is 21.8 Å². The number of furan rings is 1. The number of carbonyl (C=O) groups is 2. The van der Waals surface area contributed by atoms with Gasteiger partial charge in [-0.1, -0.05) is 18.2 Å². The van der Waals surface area contributed by atoms with E-state index in [2.05, 4.69) is 15.3 Å². The van der Waals surface area contributed by atoms with Gasteiger partial charge in [0.15, 0.2) is 10.9 Å². The molecule has 3 aromatic heterocycles. The summed E-state index contributed by atoms with van der Waals surface area (Å²) in [5.41, 5.74) is 8.34. The average Bonchev–Trinajstić information content (AvgIpc) is 3.33. The molecule has 4 aromatic rings. The highest BCUT2D eigenvalue weighted by Crippen LogP contribution is 2.28. The van der Waals surface area contributed by atoms with Crippen molar-refractivity contribution in [2.24, 2.45) is 5.73 Å². The third-order valence-corrected chi connectivity index (χ3v) is 4.78. The Morgan fingerprint density at radius 2 is 2.12 bits per heavy atom. The second-order valence-corrected chi connectivity index (χ2v) is 6.57. The van der Waals surface area contributed by atoms with Crippen LogP contribution in [0, 0.1) is 6.92 Å². The number of para-hydroxylation sites is 1. The van der Waals surface area contributed by atoms with E-state index in [-0.39, 0.29) is 11.7 Å². The molecule has 8 heteroatoms. The van der Waals surface area contributed by atoms with Gasteiger partial charge in [-0.3, -0.25) is 14.9 Å². The number of fused-ring (bicyclic) bond motifs is 1. The van der Waals surface area contributed by atoms with Gasteiger partial charge in [0.25, 0.3) is 11.8 Å². The molecule has 0 saturated carbocycles. The molecule has 0 aliphatic heterocycles. The molecule has 0 fully saturated rings. The number of hydrogen-bond acceptors (Lipinski definition) is 5. The number of nitrogens with two attached hydrogens (primary N) is 1. The van der Waals surface area contributed by atoms with Crippen LogP contribution >= 0.6 is 11.3 Å². The van der Waals surface area contributed by atoms with Crippen LogP contribution in [0.5, 0.6) is 0 Å². The summed E-state index contributed by atoms with van der Waals surface area (Å²) >= 11 is 1.28. The Bertz CT molecular complexity index is 1140. The maximum absolute atomic E-state index is 12.5. The summed E-state index contributed by atoms with van der Waals surface area (Å²) < 4.78 is 5.66. The van der Waals surface area contributed by atoms with Gasteiger partial charge in [0.05, 0.1) is 5.69 Å². The quantitative estimate of drug-likeness (QED) is 0.512. The fraction of sp³-hybridized carbons (Fsp3) is 0.0556. The SMILES string of the molecule is Cc1c(C(=O)Nc2nc(-c3c[nH]c(C(N)=O)c3)cs2)oc2ccccc12. The zero-order chi connectivity index (χ0) is 18.3. The van der Waals surface area contributed by atoms with E-state index in [0.29, 0.717) is 22.1 Å². The number of hydrogen-bond donors (Lipinski definition) is 3. The van der Waals surface area contributed by atoms with E-state index in [0.717, 1.165) is 16.5 Å². The zero-order valence-electron chi connectivity index (χ0n) is 13.7. The Labute approximate surface area is 151 Å². The van der Waals surface area contributed by atoms with Crippen LogP contribution in [0.25, 0.3) is 22.2 Å². The molecule has 3 heterocycles. The second-order valence-electron chi connectivity index (χ2n) is 5.71. The van der Waals surface area contributed by atoms with Crippen molar-refractivity contribution in [3.05, 3.63) is 58.9 Å². The highest BCUT2D eigenvalue weighted by molar-refractivity contribution is 7.14. The second kappa shape index (κ2) is 6.16. The van der Waals surface area contributed by atoms with Crippen molar-refractivity contribution in [2.75, 3.05) is 5.32 Å². The first-order chi connectivity index (χ1) is 12.5. The van der Waals surface area contributed by atoms with Crippen molar-refractivity contribution in [2.45, 2.75) is 6.92 Å². The van der Waals surface area contributed by atoms with Gasteiger partial charge in [-0.15, -0.1) is 11.3 Å². The molecule has 7 nitrogen and oxygen atoms in total. The lowest BCUT2D eigenvalue weighted by atomic mass is 10.1. The van der Waals surface area contributed by atoms with E-state index in [1.807, 2.05) is 31.2 Å². The number of thiazole rings is 1. The average molecular weight is 366 g/mol. The van der Waals surface area contributed by atoms with Gasteiger partial charge >= 0.3 is 0 Å². The van der Waals surface area contributed by atoms with Crippen LogP contribution in [0.15, 0.2) is 46.3 Å². The molecule has 0 radical (unpaired) electrons. The summed E-state index contributed by atoms with van der Waals surface area (Å²) in [6, 6.07) is 9.11. The fourth-order valence-electron chi connectivity index (χ4n) is 2.69. The molecule has 0 spiro atoms. The molecule has 0 bridgehead atoms. The van der Waals surface area contributed by atoms with Crippen LogP contribution in [0.2, 0.25) is 0 Å². The van der Waals surface area contributed by atoms with Crippen LogP contribution in [0.4, 0.5) is 5.13 Å². The number of benzene rings is 1. The molecule has 130 valence electrons. The van der Waals surface area contributed by atoms with E-state index >= 15 is 0 Å². The van der Waals surface area contributed by atoms with Crippen LogP contribution in [-0.2, 0) is 0 Å². The standard InChI is InChI=1S/C18H14N4O3S/c1-9-11-4-2-3-5-14(11)25-15(9)17(24)22-18-21-13(8-26-18)10-6-12(16(19)23)20-7-10/h2-8,20H,1H3,(H2,19,23)(H,21,22,24). The van der Waals surface area contributed by atoms with Crippen molar-refractivity contribution in [1.82, 2.24) is 9.97 Å². The Morgan fingerprint density at radius 1 is 1.31 bits per heavy atom. The molecule has 4 N–H and O–H groups in total. The van der Waals surface area contributed by atoms with Crippen LogP contribution in [0.1, 0.15) is 26.6 Å². The molecule has 0 saturated heterocycles. The molecule has 0 aliphatic rings. The predicted octanol–water partition coefficient (Wildman–Crippen LogP) is 3.54. The maximum Gasteiger partial charge on any atom is 0.293 e. The molecule has 0 unspecified atom stereocenters. The predicted molar refractivity (Wildman–Crippen MR) is 99.3 cm³/mol. The first kappa shape index (κ1) is 16.1. The number of amides is 2. The number of carbonyl (C=O) groups excluding carboxylic acids is 2. The number of aromatic nitrogens is 2. The number of aromatic amines is 1. The van der Waals surface area contributed by atoms with Crippen molar-refractivity contribution in [3.63, 3.8) is 0 Å². The Kier molecular flexibility index (Phi) is 3.81. The van der Waals surface area contributed by atoms with Gasteiger partial charge in [-0.25, -0.2) is 4.98 Å². The summed E-state index contributed by atoms with van der Waals surface area (Å²) in [6.07, 6.45) is 1.64. The largest absolute Gasteiger partial charge is 0.451 e. The molecular formula is C18H14N4O3S. The number of nitrogens with one attached hydrogen (secondary N) is 2. The summed E-state index contributed by atoms with van der Waals surface area (Å²) in [5.74, 6) is -0.632. The minimum absolute atomic E-state index is 0.264. The Morgan fingerprint density at radius 3 is 2.85 bits per heavy atom. The molecular weight excluding hydrogens is 352 g/mol. The number of nitrogens with zero attached hydrogens (tertiary/aromatic N) is 1. The molecule has 0 aliphatic carbocycles. The first-order valence-corrected chi connectivity index (χ1v) is 8.64. The van der Waals surface area contributed by atoms with Crippen LogP contribution < -0.4 is 11.1 Å². The Balaban J connectivity index is 1.57. The van der Waals surface area contributed by atoms with Crippen molar-refractivity contribution < 1.29 is 14.0 Å². The molecule has 0 atom stereocenters. The summed E-state index contributed by atoms with van der Waals surface area (Å²) in [7, 11) is 0. The molecule has 2 amide bonds. The van der Waals surface area contributed by atoms with Gasteiger partial charge < -0.3 is 15.1 Å². The van der Waals surface area contributed by atoms with E-state index < -0.39 is 5.91 Å². The lowest BCUT2D eigenvalue weighted by Gasteiger charge is -1.99. The number of primary amides is 1. The number of rotatable bonds is 4. The van der Waals surface area contributed by atoms with Crippen molar-refractivity contribution in [1.29, 1.82) is 0 Å². The van der Waals surface area contributed by atoms with E-state index in [1.165, 1.54) is 11.3 Å². The lowest BCUT2D eigenvalue weighted by molar-refractivity contribution is 0.0989. The van der Waals surface area contributed by atoms with E-state index in [9.17, 15) is 9.59 Å². The number of H-pyrrole nitrogens is 1. The summed E-state index contributed by atoms with van der Waals surface area (Å²) in [6.45, 7) is 1.85. The van der Waals surface area contributed by atoms with Crippen LogP contribution in [0.3, 0.4) is 0 Å². The van der Waals surface area contributed by atoms with Gasteiger partial charge in [0.1, 0.15) is 11.3 Å². The third kappa shape index (κ3) is 2.76. The van der Waals surface area contributed by atoms with Crippen molar-refractivity contribution >= 4 is 39.3 Å². The molecule has 1 aromatic carbocycles. The Hall–Kier alpha value is -3.39. The number of aryl methyl sites for hydroxylation is 1. The minimum atomic E-state index is -0.541.